The average molecular weight is 868 g/mol. The van der Waals surface area contributed by atoms with Gasteiger partial charge in [0.2, 0.25) is 0 Å². The number of benzene rings is 4. The number of fused-ring (bicyclic) bond motifs is 3. The van der Waals surface area contributed by atoms with Crippen LogP contribution < -0.4 is 4.74 Å². The van der Waals surface area contributed by atoms with Crippen LogP contribution in [0.15, 0.2) is 85.1 Å². The molecule has 4 aromatic carbocycles. The number of aromatic nitrogens is 4. The fraction of sp³-hybridized carbons (Fsp3) is 0.304. The molecule has 0 aliphatic heterocycles. The second-order valence-corrected chi connectivity index (χ2v) is 16.2. The second-order valence-electron chi connectivity index (χ2n) is 16.2. The van der Waals surface area contributed by atoms with Gasteiger partial charge < -0.3 is 9.30 Å². The molecule has 0 saturated carbocycles. The predicted octanol–water partition coefficient (Wildman–Crippen LogP) is 12.1. The van der Waals surface area contributed by atoms with Gasteiger partial charge in [-0.2, -0.15) is 11.2 Å². The van der Waals surface area contributed by atoms with Gasteiger partial charge in [0.15, 0.2) is 0 Å². The monoisotopic (exact) mass is 867 g/mol. The Labute approximate surface area is 323 Å². The molecule has 7 aromatic rings. The molecule has 5 nitrogen and oxygen atoms in total. The third kappa shape index (κ3) is 6.76. The van der Waals surface area contributed by atoms with Gasteiger partial charge in [0.1, 0.15) is 5.82 Å². The average Bonchev–Trinajstić information content (AvgIpc) is 3.59. The molecule has 3 heterocycles. The molecule has 268 valence electrons. The Hall–Kier alpha value is -4.47. The standard InChI is InChI=1S/C46H48N4O.Pt/c1-28(2)32-21-22-47-41(23-32)49-39-18-13-12-17-37(39)38-20-19-35(27-40(38)49)51-36-25-33(45(6,7)8)24-34(26-36)50-44(46(9,10)11)43(31(5)48-50)42-29(3)15-14-16-30(42)4;/h12-25,28H,1-11H3;/q-2;+2. The summed E-state index contributed by atoms with van der Waals surface area (Å²) in [5.41, 5.74) is 12.0. The normalized spacial score (nSPS) is 12.2. The molecule has 0 spiro atoms. The number of rotatable bonds is 6. The topological polar surface area (TPSA) is 44.9 Å². The van der Waals surface area contributed by atoms with E-state index in [0.29, 0.717) is 17.4 Å². The maximum atomic E-state index is 6.73. The zero-order chi connectivity index (χ0) is 36.4. The first-order valence-electron chi connectivity index (χ1n) is 18.0. The van der Waals surface area contributed by atoms with Crippen LogP contribution in [0.2, 0.25) is 0 Å². The van der Waals surface area contributed by atoms with E-state index in [1.165, 1.54) is 27.8 Å². The molecular formula is C46H48N4OPt. The van der Waals surface area contributed by atoms with E-state index >= 15 is 0 Å². The van der Waals surface area contributed by atoms with E-state index in [4.69, 9.17) is 14.8 Å². The third-order valence-electron chi connectivity index (χ3n) is 9.87. The molecule has 0 atom stereocenters. The number of aryl methyl sites for hydroxylation is 3. The van der Waals surface area contributed by atoms with Crippen LogP contribution in [-0.2, 0) is 31.9 Å². The van der Waals surface area contributed by atoms with Gasteiger partial charge in [-0.05, 0) is 83.6 Å². The van der Waals surface area contributed by atoms with Crippen molar-refractivity contribution < 1.29 is 25.8 Å². The van der Waals surface area contributed by atoms with Gasteiger partial charge >= 0.3 is 21.1 Å². The van der Waals surface area contributed by atoms with Crippen LogP contribution in [0, 0.1) is 32.9 Å². The zero-order valence-electron chi connectivity index (χ0n) is 32.2. The molecule has 0 aliphatic carbocycles. The van der Waals surface area contributed by atoms with Crippen LogP contribution in [0.5, 0.6) is 11.5 Å². The van der Waals surface area contributed by atoms with E-state index in [2.05, 4.69) is 170 Å². The van der Waals surface area contributed by atoms with E-state index in [-0.39, 0.29) is 31.9 Å². The first-order chi connectivity index (χ1) is 24.1. The maximum Gasteiger partial charge on any atom is 2.00 e. The number of hydrogen-bond acceptors (Lipinski definition) is 3. The fourth-order valence-electron chi connectivity index (χ4n) is 7.24. The maximum absolute atomic E-state index is 6.73. The quantitative estimate of drug-likeness (QED) is 0.156. The van der Waals surface area contributed by atoms with E-state index in [0.717, 1.165) is 50.3 Å². The molecule has 6 heteroatoms. The summed E-state index contributed by atoms with van der Waals surface area (Å²) in [6.07, 6.45) is 1.90. The molecule has 0 N–H and O–H groups in total. The van der Waals surface area contributed by atoms with Crippen LogP contribution in [0.4, 0.5) is 0 Å². The van der Waals surface area contributed by atoms with E-state index in [1.54, 1.807) is 0 Å². The Kier molecular flexibility index (Phi) is 9.91. The number of hydrogen-bond donors (Lipinski definition) is 0. The first kappa shape index (κ1) is 37.3. The molecule has 52 heavy (non-hydrogen) atoms. The minimum atomic E-state index is -0.203. The van der Waals surface area contributed by atoms with Crippen molar-refractivity contribution >= 4 is 21.8 Å². The van der Waals surface area contributed by atoms with Gasteiger partial charge in [0.25, 0.3) is 0 Å². The van der Waals surface area contributed by atoms with Gasteiger partial charge in [-0.1, -0.05) is 97.3 Å². The Morgan fingerprint density at radius 2 is 1.42 bits per heavy atom. The van der Waals surface area contributed by atoms with E-state index in [1.807, 2.05) is 12.3 Å². The molecule has 0 aliphatic rings. The summed E-state index contributed by atoms with van der Waals surface area (Å²) in [4.78, 5) is 4.82. The van der Waals surface area contributed by atoms with Gasteiger partial charge in [-0.3, -0.25) is 4.68 Å². The molecule has 0 amide bonds. The van der Waals surface area contributed by atoms with Crippen LogP contribution >= 0.6 is 0 Å². The summed E-state index contributed by atoms with van der Waals surface area (Å²) in [7, 11) is 0. The minimum Gasteiger partial charge on any atom is -0.509 e. The van der Waals surface area contributed by atoms with Crippen molar-refractivity contribution in [3.63, 3.8) is 0 Å². The summed E-state index contributed by atoms with van der Waals surface area (Å²) in [5.74, 6) is 2.49. The van der Waals surface area contributed by atoms with Crippen LogP contribution in [0.25, 0.3) is 44.4 Å². The zero-order valence-corrected chi connectivity index (χ0v) is 34.4. The largest absolute Gasteiger partial charge is 2.00 e. The smallest absolute Gasteiger partial charge is 0.509 e. The van der Waals surface area contributed by atoms with Crippen molar-refractivity contribution in [3.05, 3.63) is 131 Å². The second kappa shape index (κ2) is 13.8. The first-order valence-corrected chi connectivity index (χ1v) is 18.0. The molecule has 0 fully saturated rings. The van der Waals surface area contributed by atoms with Crippen molar-refractivity contribution in [3.8, 4) is 34.1 Å². The minimum absolute atomic E-state index is 0. The summed E-state index contributed by atoms with van der Waals surface area (Å²) < 4.78 is 11.0. The fourth-order valence-corrected chi connectivity index (χ4v) is 7.24. The number of pyridine rings is 1. The van der Waals surface area contributed by atoms with Gasteiger partial charge in [-0.25, -0.2) is 4.98 Å². The molecule has 3 aromatic heterocycles. The summed E-state index contributed by atoms with van der Waals surface area (Å²) >= 11 is 0. The Bertz CT molecular complexity index is 2410. The third-order valence-corrected chi connectivity index (χ3v) is 9.87. The SMILES string of the molecule is Cc1cccc(C)c1-c1c(C)nn(-c2[c-]c(Oc3[c-]c4c(cc3)c3ccccc3n4-c3cc(C(C)C)ccn3)cc(C(C)(C)C)c2)c1C(C)(C)C.[Pt+2]. The summed E-state index contributed by atoms with van der Waals surface area (Å²) in [6.45, 7) is 24.4. The van der Waals surface area contributed by atoms with Crippen molar-refractivity contribution in [2.45, 2.75) is 92.9 Å². The van der Waals surface area contributed by atoms with Crippen LogP contribution in [0.1, 0.15) is 94.9 Å². The van der Waals surface area contributed by atoms with Crippen molar-refractivity contribution in [2.75, 3.05) is 0 Å². The molecule has 0 saturated heterocycles. The Morgan fingerprint density at radius 3 is 2.10 bits per heavy atom. The Balaban J connectivity index is 0.00000464. The molecule has 0 bridgehead atoms. The Morgan fingerprint density at radius 1 is 0.712 bits per heavy atom. The molecular weight excluding hydrogens is 820 g/mol. The van der Waals surface area contributed by atoms with E-state index in [9.17, 15) is 0 Å². The van der Waals surface area contributed by atoms with Crippen molar-refractivity contribution in [1.29, 1.82) is 0 Å². The number of ether oxygens (including phenoxy) is 1. The van der Waals surface area contributed by atoms with E-state index < -0.39 is 0 Å². The molecule has 0 unspecified atom stereocenters. The van der Waals surface area contributed by atoms with Crippen LogP contribution in [0.3, 0.4) is 0 Å². The van der Waals surface area contributed by atoms with Crippen LogP contribution in [-0.4, -0.2) is 19.3 Å². The number of nitrogens with zero attached hydrogens (tertiary/aromatic N) is 4. The van der Waals surface area contributed by atoms with Crippen molar-refractivity contribution in [1.82, 2.24) is 19.3 Å². The summed E-state index contributed by atoms with van der Waals surface area (Å²) in [5, 5.41) is 7.47. The van der Waals surface area contributed by atoms with Gasteiger partial charge in [0.05, 0.1) is 11.4 Å². The van der Waals surface area contributed by atoms with Gasteiger partial charge in [0, 0.05) is 34.2 Å². The molecule has 0 radical (unpaired) electrons. The number of para-hydroxylation sites is 1. The van der Waals surface area contributed by atoms with Gasteiger partial charge in [-0.15, -0.1) is 41.3 Å². The predicted molar refractivity (Wildman–Crippen MR) is 211 cm³/mol. The van der Waals surface area contributed by atoms with Crippen molar-refractivity contribution in [2.24, 2.45) is 0 Å². The summed E-state index contributed by atoms with van der Waals surface area (Å²) in [6, 6.07) is 35.0. The molecule has 7 rings (SSSR count).